The van der Waals surface area contributed by atoms with E-state index < -0.39 is 5.60 Å². The molecule has 8 heteroatoms. The topological polar surface area (TPSA) is 91.0 Å². The average Bonchev–Trinajstić information content (AvgIpc) is 3.03. The van der Waals surface area contributed by atoms with E-state index in [4.69, 9.17) is 4.74 Å². The first-order chi connectivity index (χ1) is 15.1. The van der Waals surface area contributed by atoms with Gasteiger partial charge in [-0.1, -0.05) is 12.1 Å². The van der Waals surface area contributed by atoms with Crippen LogP contribution in [-0.4, -0.2) is 55.0 Å². The molecule has 3 heterocycles. The second-order valence-electron chi connectivity index (χ2n) is 10.2. The van der Waals surface area contributed by atoms with E-state index in [2.05, 4.69) is 33.8 Å². The van der Waals surface area contributed by atoms with E-state index in [1.807, 2.05) is 32.8 Å². The minimum atomic E-state index is -0.453. The summed E-state index contributed by atoms with van der Waals surface area (Å²) < 4.78 is 5.45. The van der Waals surface area contributed by atoms with E-state index >= 15 is 0 Å². The zero-order valence-corrected chi connectivity index (χ0v) is 19.4. The Kier molecular flexibility index (Phi) is 6.27. The van der Waals surface area contributed by atoms with Crippen molar-refractivity contribution < 1.29 is 19.1 Å². The van der Waals surface area contributed by atoms with E-state index in [1.54, 1.807) is 0 Å². The van der Waals surface area contributed by atoms with E-state index in [1.165, 1.54) is 5.56 Å². The summed E-state index contributed by atoms with van der Waals surface area (Å²) in [5.41, 5.74) is 6.45. The molecule has 0 aliphatic carbocycles. The quantitative estimate of drug-likeness (QED) is 0.546. The zero-order valence-electron chi connectivity index (χ0n) is 19.4. The molecule has 3 aliphatic heterocycles. The summed E-state index contributed by atoms with van der Waals surface area (Å²) in [6, 6.07) is 6.41. The predicted molar refractivity (Wildman–Crippen MR) is 121 cm³/mol. The molecule has 2 amide bonds. The third kappa shape index (κ3) is 4.96. The van der Waals surface area contributed by atoms with Crippen molar-refractivity contribution in [3.8, 4) is 0 Å². The highest BCUT2D eigenvalue weighted by Crippen LogP contribution is 2.41. The van der Waals surface area contributed by atoms with Crippen molar-refractivity contribution in [3.05, 3.63) is 29.3 Å². The number of piperidine rings is 2. The number of fused-ring (bicyclic) bond motifs is 1. The number of anilines is 1. The number of amides is 2. The number of hydrogen-bond donors (Lipinski definition) is 2. The number of hydrogen-bond acceptors (Lipinski definition) is 7. The SMILES string of the molecule is CN1NC(C2CCC(=O)NC2=O)c2ccc(C3CCN(CC(=O)OC(C)(C)C)CC3)cc21. The second-order valence-corrected chi connectivity index (χ2v) is 10.2. The van der Waals surface area contributed by atoms with E-state index in [0.29, 0.717) is 25.3 Å². The van der Waals surface area contributed by atoms with E-state index in [9.17, 15) is 14.4 Å². The second kappa shape index (κ2) is 8.83. The summed E-state index contributed by atoms with van der Waals surface area (Å²) in [6.45, 7) is 7.75. The molecular weight excluding hydrogens is 408 g/mol. The smallest absolute Gasteiger partial charge is 0.320 e. The third-order valence-corrected chi connectivity index (χ3v) is 6.60. The van der Waals surface area contributed by atoms with Crippen molar-refractivity contribution in [1.82, 2.24) is 15.6 Å². The van der Waals surface area contributed by atoms with Crippen LogP contribution in [0.3, 0.4) is 0 Å². The molecule has 2 N–H and O–H groups in total. The maximum Gasteiger partial charge on any atom is 0.320 e. The first kappa shape index (κ1) is 22.7. The van der Waals surface area contributed by atoms with Gasteiger partial charge >= 0.3 is 5.97 Å². The highest BCUT2D eigenvalue weighted by Gasteiger charge is 2.39. The molecule has 2 atom stereocenters. The summed E-state index contributed by atoms with van der Waals surface area (Å²) in [6.07, 6.45) is 2.94. The van der Waals surface area contributed by atoms with Crippen molar-refractivity contribution in [1.29, 1.82) is 0 Å². The Morgan fingerprint density at radius 3 is 2.53 bits per heavy atom. The largest absolute Gasteiger partial charge is 0.459 e. The Labute approximate surface area is 189 Å². The van der Waals surface area contributed by atoms with Crippen LogP contribution in [0.4, 0.5) is 5.69 Å². The van der Waals surface area contributed by atoms with Gasteiger partial charge < -0.3 is 9.75 Å². The standard InChI is InChI=1S/C24H34N4O4/c1-24(2,3)32-21(30)14-28-11-9-15(10-12-28)16-5-6-17-19(13-16)27(4)26-22(17)18-7-8-20(29)25-23(18)31/h5-6,13,15,18,22,26H,7-12,14H2,1-4H3,(H,25,29,31). The van der Waals surface area contributed by atoms with Crippen LogP contribution < -0.4 is 15.8 Å². The summed E-state index contributed by atoms with van der Waals surface area (Å²) in [5, 5.41) is 4.46. The number of imide groups is 1. The lowest BCUT2D eigenvalue weighted by Gasteiger charge is -2.32. The highest BCUT2D eigenvalue weighted by atomic mass is 16.6. The lowest BCUT2D eigenvalue weighted by molar-refractivity contribution is -0.156. The van der Waals surface area contributed by atoms with Crippen LogP contribution in [-0.2, 0) is 19.1 Å². The fourth-order valence-electron chi connectivity index (χ4n) is 5.03. The number of hydrazine groups is 1. The Morgan fingerprint density at radius 2 is 1.88 bits per heavy atom. The molecule has 0 bridgehead atoms. The molecule has 2 fully saturated rings. The van der Waals surface area contributed by atoms with Gasteiger partial charge in [0.15, 0.2) is 0 Å². The number of rotatable bonds is 4. The summed E-state index contributed by atoms with van der Waals surface area (Å²) >= 11 is 0. The zero-order chi connectivity index (χ0) is 23.0. The van der Waals surface area contributed by atoms with Crippen LogP contribution in [0.2, 0.25) is 0 Å². The number of carbonyl (C=O) groups excluding carboxylic acids is 3. The van der Waals surface area contributed by atoms with Crippen LogP contribution in [0, 0.1) is 5.92 Å². The molecule has 174 valence electrons. The molecule has 4 rings (SSSR count). The lowest BCUT2D eigenvalue weighted by Crippen LogP contribution is -2.46. The Bertz CT molecular complexity index is 902. The molecular formula is C24H34N4O4. The van der Waals surface area contributed by atoms with Crippen LogP contribution in [0.5, 0.6) is 0 Å². The maximum atomic E-state index is 12.4. The van der Waals surface area contributed by atoms with Gasteiger partial charge in [0, 0.05) is 13.5 Å². The van der Waals surface area contributed by atoms with Gasteiger partial charge in [0.05, 0.1) is 24.2 Å². The fraction of sp³-hybridized carbons (Fsp3) is 0.625. The molecule has 0 radical (unpaired) electrons. The molecule has 1 aromatic rings. The molecule has 0 saturated carbocycles. The predicted octanol–water partition coefficient (Wildman–Crippen LogP) is 2.26. The van der Waals surface area contributed by atoms with Gasteiger partial charge in [-0.3, -0.25) is 24.6 Å². The monoisotopic (exact) mass is 442 g/mol. The third-order valence-electron chi connectivity index (χ3n) is 6.60. The molecule has 32 heavy (non-hydrogen) atoms. The number of ether oxygens (including phenoxy) is 1. The van der Waals surface area contributed by atoms with E-state index in [-0.39, 0.29) is 29.7 Å². The molecule has 2 unspecified atom stereocenters. The van der Waals surface area contributed by atoms with Crippen molar-refractivity contribution in [2.45, 2.75) is 64.0 Å². The Hall–Kier alpha value is -2.45. The number of nitrogens with one attached hydrogen (secondary N) is 2. The van der Waals surface area contributed by atoms with Gasteiger partial charge in [0.2, 0.25) is 11.8 Å². The Morgan fingerprint density at radius 1 is 1.16 bits per heavy atom. The summed E-state index contributed by atoms with van der Waals surface area (Å²) in [5.74, 6) is -0.357. The van der Waals surface area contributed by atoms with Crippen LogP contribution in [0.1, 0.15) is 69.5 Å². The number of benzene rings is 1. The van der Waals surface area contributed by atoms with Crippen molar-refractivity contribution >= 4 is 23.5 Å². The molecule has 2 saturated heterocycles. The van der Waals surface area contributed by atoms with Gasteiger partial charge in [-0.05, 0) is 76.2 Å². The molecule has 8 nitrogen and oxygen atoms in total. The van der Waals surface area contributed by atoms with Crippen LogP contribution >= 0.6 is 0 Å². The van der Waals surface area contributed by atoms with Crippen LogP contribution in [0.15, 0.2) is 18.2 Å². The van der Waals surface area contributed by atoms with E-state index in [0.717, 1.165) is 37.2 Å². The number of nitrogens with zero attached hydrogens (tertiary/aromatic N) is 2. The fourth-order valence-corrected chi connectivity index (χ4v) is 5.03. The number of esters is 1. The van der Waals surface area contributed by atoms with Crippen molar-refractivity contribution in [2.75, 3.05) is 31.7 Å². The number of carbonyl (C=O) groups is 3. The van der Waals surface area contributed by atoms with Crippen molar-refractivity contribution in [3.63, 3.8) is 0 Å². The molecule has 0 spiro atoms. The van der Waals surface area contributed by atoms with Crippen molar-refractivity contribution in [2.24, 2.45) is 5.92 Å². The highest BCUT2D eigenvalue weighted by molar-refractivity contribution is 5.99. The minimum Gasteiger partial charge on any atom is -0.459 e. The van der Waals surface area contributed by atoms with Gasteiger partial charge in [-0.2, -0.15) is 0 Å². The molecule has 1 aromatic carbocycles. The normalized spacial score (nSPS) is 24.9. The summed E-state index contributed by atoms with van der Waals surface area (Å²) in [7, 11) is 1.97. The summed E-state index contributed by atoms with van der Waals surface area (Å²) in [4.78, 5) is 38.2. The first-order valence-electron chi connectivity index (χ1n) is 11.5. The van der Waals surface area contributed by atoms with Gasteiger partial charge in [0.1, 0.15) is 5.60 Å². The van der Waals surface area contributed by atoms with Gasteiger partial charge in [0.25, 0.3) is 0 Å². The van der Waals surface area contributed by atoms with Gasteiger partial charge in [-0.15, -0.1) is 0 Å². The van der Waals surface area contributed by atoms with Gasteiger partial charge in [-0.25, -0.2) is 5.43 Å². The molecule has 0 aromatic heterocycles. The Balaban J connectivity index is 1.39. The average molecular weight is 443 g/mol. The van der Waals surface area contributed by atoms with Crippen LogP contribution in [0.25, 0.3) is 0 Å². The maximum absolute atomic E-state index is 12.4. The molecule has 3 aliphatic rings. The minimum absolute atomic E-state index is 0.118. The lowest BCUT2D eigenvalue weighted by atomic mass is 9.84. The first-order valence-corrected chi connectivity index (χ1v) is 11.5. The number of likely N-dealkylation sites (tertiary alicyclic amines) is 1.